The Bertz CT molecular complexity index is 1020. The van der Waals surface area contributed by atoms with Gasteiger partial charge in [0.25, 0.3) is 5.91 Å². The first-order valence-corrected chi connectivity index (χ1v) is 8.19. The van der Waals surface area contributed by atoms with Gasteiger partial charge in [0.2, 0.25) is 18.8 Å². The zero-order valence-electron chi connectivity index (χ0n) is 13.9. The minimum Gasteiger partial charge on any atom is -0.485 e. The highest BCUT2D eigenvalue weighted by atomic mass is 16.7. The topological polar surface area (TPSA) is 105 Å². The Hall–Kier alpha value is -3.75. The first kappa shape index (κ1) is 15.5. The summed E-state index contributed by atoms with van der Waals surface area (Å²) >= 11 is 0. The molecule has 0 saturated heterocycles. The lowest BCUT2D eigenvalue weighted by Gasteiger charge is -2.24. The predicted octanol–water partition coefficient (Wildman–Crippen LogP) is 2.24. The van der Waals surface area contributed by atoms with Crippen LogP contribution in [0.1, 0.15) is 0 Å². The summed E-state index contributed by atoms with van der Waals surface area (Å²) in [4.78, 5) is 12.4. The Balaban J connectivity index is 1.29. The molecule has 5 rings (SSSR count). The molecule has 9 heteroatoms. The predicted molar refractivity (Wildman–Crippen MR) is 90.8 cm³/mol. The molecule has 3 aromatic rings. The number of aromatic nitrogens is 2. The Kier molecular flexibility index (Phi) is 3.56. The monoisotopic (exact) mass is 367 g/mol. The number of nitrogens with one attached hydrogen (secondary N) is 1. The second-order valence-electron chi connectivity index (χ2n) is 5.83. The molecular weight excluding hydrogens is 354 g/mol. The van der Waals surface area contributed by atoms with Gasteiger partial charge in [-0.2, -0.15) is 0 Å². The summed E-state index contributed by atoms with van der Waals surface area (Å²) in [7, 11) is 0. The Labute approximate surface area is 152 Å². The van der Waals surface area contributed by atoms with Crippen molar-refractivity contribution in [3.8, 4) is 34.5 Å². The number of hydrogen-bond acceptors (Lipinski definition) is 8. The third-order valence-electron chi connectivity index (χ3n) is 4.08. The summed E-state index contributed by atoms with van der Waals surface area (Å²) in [5.41, 5.74) is 0.651. The number of nitrogens with zero attached hydrogens (tertiary/aromatic N) is 2. The van der Waals surface area contributed by atoms with Crippen LogP contribution >= 0.6 is 0 Å². The average molecular weight is 367 g/mol. The number of anilines is 1. The second-order valence-corrected chi connectivity index (χ2v) is 5.83. The molecule has 1 aromatic heterocycles. The number of fused-ring (bicyclic) bond motifs is 2. The first-order valence-electron chi connectivity index (χ1n) is 8.19. The van der Waals surface area contributed by atoms with E-state index in [1.54, 1.807) is 36.4 Å². The van der Waals surface area contributed by atoms with Crippen molar-refractivity contribution in [1.29, 1.82) is 0 Å². The van der Waals surface area contributed by atoms with Gasteiger partial charge in [0.15, 0.2) is 23.0 Å². The van der Waals surface area contributed by atoms with E-state index in [1.807, 2.05) is 6.07 Å². The van der Waals surface area contributed by atoms with Crippen LogP contribution in [0.2, 0.25) is 0 Å². The van der Waals surface area contributed by atoms with Crippen molar-refractivity contribution in [3.63, 3.8) is 0 Å². The molecule has 0 fully saturated rings. The SMILES string of the molecule is O=C(Nc1nnc(-c2ccc3c(c2)OCO3)o1)C1COc2ccccc2O1. The summed E-state index contributed by atoms with van der Waals surface area (Å²) in [6.45, 7) is 0.266. The average Bonchev–Trinajstić information content (AvgIpc) is 3.36. The highest BCUT2D eigenvalue weighted by Gasteiger charge is 2.28. The van der Waals surface area contributed by atoms with Crippen molar-refractivity contribution in [2.75, 3.05) is 18.7 Å². The molecule has 0 saturated carbocycles. The number of amides is 1. The first-order chi connectivity index (χ1) is 13.3. The summed E-state index contributed by atoms with van der Waals surface area (Å²) in [6, 6.07) is 12.4. The van der Waals surface area contributed by atoms with Gasteiger partial charge in [0.05, 0.1) is 0 Å². The van der Waals surface area contributed by atoms with E-state index in [9.17, 15) is 4.79 Å². The molecule has 27 heavy (non-hydrogen) atoms. The van der Waals surface area contributed by atoms with Gasteiger partial charge < -0.3 is 23.4 Å². The Morgan fingerprint density at radius 1 is 0.963 bits per heavy atom. The molecule has 1 amide bonds. The molecule has 1 N–H and O–H groups in total. The van der Waals surface area contributed by atoms with Gasteiger partial charge in [-0.25, -0.2) is 0 Å². The van der Waals surface area contributed by atoms with Crippen molar-refractivity contribution in [2.24, 2.45) is 0 Å². The molecule has 1 atom stereocenters. The van der Waals surface area contributed by atoms with E-state index in [-0.39, 0.29) is 25.3 Å². The third kappa shape index (κ3) is 2.88. The maximum absolute atomic E-state index is 12.4. The quantitative estimate of drug-likeness (QED) is 0.751. The Morgan fingerprint density at radius 2 is 1.78 bits per heavy atom. The van der Waals surface area contributed by atoms with Crippen molar-refractivity contribution >= 4 is 11.9 Å². The second kappa shape index (κ2) is 6.20. The van der Waals surface area contributed by atoms with Crippen LogP contribution in [0.5, 0.6) is 23.0 Å². The lowest BCUT2D eigenvalue weighted by Crippen LogP contribution is -2.40. The molecule has 0 aliphatic carbocycles. The van der Waals surface area contributed by atoms with E-state index in [0.717, 1.165) is 0 Å². The van der Waals surface area contributed by atoms with Gasteiger partial charge in [-0.05, 0) is 30.3 Å². The number of rotatable bonds is 3. The maximum Gasteiger partial charge on any atom is 0.322 e. The molecule has 9 nitrogen and oxygen atoms in total. The van der Waals surface area contributed by atoms with Crippen LogP contribution in [0.15, 0.2) is 46.9 Å². The van der Waals surface area contributed by atoms with Gasteiger partial charge in [0.1, 0.15) is 6.61 Å². The van der Waals surface area contributed by atoms with E-state index < -0.39 is 12.0 Å². The number of benzene rings is 2. The van der Waals surface area contributed by atoms with Crippen LogP contribution < -0.4 is 24.3 Å². The van der Waals surface area contributed by atoms with Crippen molar-refractivity contribution < 1.29 is 28.2 Å². The molecule has 0 bridgehead atoms. The standard InChI is InChI=1S/C18H13N3O6/c22-16(15-8-23-11-3-1-2-4-13(11)26-15)19-18-21-20-17(27-18)10-5-6-12-14(7-10)25-9-24-12/h1-7,15H,8-9H2,(H,19,21,22). The van der Waals surface area contributed by atoms with E-state index in [2.05, 4.69) is 15.5 Å². The fourth-order valence-electron chi connectivity index (χ4n) is 2.75. The van der Waals surface area contributed by atoms with Crippen LogP contribution in [0.25, 0.3) is 11.5 Å². The van der Waals surface area contributed by atoms with Gasteiger partial charge >= 0.3 is 6.01 Å². The summed E-state index contributed by atoms with van der Waals surface area (Å²) in [6.07, 6.45) is -0.819. The summed E-state index contributed by atoms with van der Waals surface area (Å²) < 4.78 is 27.3. The van der Waals surface area contributed by atoms with Gasteiger partial charge in [-0.15, -0.1) is 5.10 Å². The summed E-state index contributed by atoms with van der Waals surface area (Å²) in [5.74, 6) is 2.17. The number of carbonyl (C=O) groups is 1. The minimum atomic E-state index is -0.819. The lowest BCUT2D eigenvalue weighted by atomic mass is 10.2. The molecular formula is C18H13N3O6. The molecule has 3 heterocycles. The number of carbonyl (C=O) groups excluding carboxylic acids is 1. The number of hydrogen-bond donors (Lipinski definition) is 1. The van der Waals surface area contributed by atoms with E-state index in [4.69, 9.17) is 23.4 Å². The minimum absolute atomic E-state index is 0.0323. The molecule has 1 unspecified atom stereocenters. The van der Waals surface area contributed by atoms with E-state index in [0.29, 0.717) is 28.6 Å². The van der Waals surface area contributed by atoms with Crippen molar-refractivity contribution in [3.05, 3.63) is 42.5 Å². The zero-order chi connectivity index (χ0) is 18.2. The largest absolute Gasteiger partial charge is 0.485 e. The highest BCUT2D eigenvalue weighted by Crippen LogP contribution is 2.36. The smallest absolute Gasteiger partial charge is 0.322 e. The summed E-state index contributed by atoms with van der Waals surface area (Å²) in [5, 5.41) is 10.3. The zero-order valence-corrected chi connectivity index (χ0v) is 13.9. The van der Waals surface area contributed by atoms with Crippen LogP contribution in [0, 0.1) is 0 Å². The van der Waals surface area contributed by atoms with Gasteiger partial charge in [0, 0.05) is 5.56 Å². The molecule has 0 spiro atoms. The fraction of sp³-hybridized carbons (Fsp3) is 0.167. The van der Waals surface area contributed by atoms with Gasteiger partial charge in [-0.1, -0.05) is 17.2 Å². The molecule has 0 radical (unpaired) electrons. The fourth-order valence-corrected chi connectivity index (χ4v) is 2.75. The Morgan fingerprint density at radius 3 is 2.70 bits per heavy atom. The van der Waals surface area contributed by atoms with Crippen LogP contribution in [0.4, 0.5) is 6.01 Å². The maximum atomic E-state index is 12.4. The lowest BCUT2D eigenvalue weighted by molar-refractivity contribution is -0.125. The van der Waals surface area contributed by atoms with Gasteiger partial charge in [-0.3, -0.25) is 10.1 Å². The molecule has 2 aliphatic rings. The molecule has 2 aliphatic heterocycles. The van der Waals surface area contributed by atoms with E-state index >= 15 is 0 Å². The van der Waals surface area contributed by atoms with Crippen LogP contribution in [0.3, 0.4) is 0 Å². The van der Waals surface area contributed by atoms with Crippen LogP contribution in [-0.4, -0.2) is 35.6 Å². The normalized spacial score (nSPS) is 16.8. The number of ether oxygens (including phenoxy) is 4. The van der Waals surface area contributed by atoms with Crippen molar-refractivity contribution in [1.82, 2.24) is 10.2 Å². The van der Waals surface area contributed by atoms with E-state index in [1.165, 1.54) is 0 Å². The number of para-hydroxylation sites is 2. The molecule has 2 aromatic carbocycles. The highest BCUT2D eigenvalue weighted by molar-refractivity contribution is 5.93. The van der Waals surface area contributed by atoms with Crippen LogP contribution in [-0.2, 0) is 4.79 Å². The van der Waals surface area contributed by atoms with Crippen molar-refractivity contribution in [2.45, 2.75) is 6.10 Å². The molecule has 136 valence electrons. The third-order valence-corrected chi connectivity index (χ3v) is 4.08.